The third kappa shape index (κ3) is 3.82. The lowest BCUT2D eigenvalue weighted by Crippen LogP contribution is -2.21. The van der Waals surface area contributed by atoms with Gasteiger partial charge in [-0.25, -0.2) is 4.98 Å². The van der Waals surface area contributed by atoms with Gasteiger partial charge in [-0.3, -0.25) is 0 Å². The number of nitrogens with zero attached hydrogens (tertiary/aromatic N) is 2. The Kier molecular flexibility index (Phi) is 5.17. The average molecular weight is 279 g/mol. The van der Waals surface area contributed by atoms with Crippen LogP contribution in [0.5, 0.6) is 5.88 Å². The predicted molar refractivity (Wildman–Crippen MR) is 79.5 cm³/mol. The van der Waals surface area contributed by atoms with Crippen LogP contribution < -0.4 is 10.1 Å². The minimum absolute atomic E-state index is 0.00919. The van der Waals surface area contributed by atoms with Crippen molar-refractivity contribution in [2.24, 2.45) is 0 Å². The van der Waals surface area contributed by atoms with Crippen LogP contribution in [0.1, 0.15) is 50.9 Å². The topological polar surface area (TPSA) is 56.3 Å². The normalized spacial score (nSPS) is 16.0. The largest absolute Gasteiger partial charge is 0.472 e. The fraction of sp³-hybridized carbons (Fsp3) is 0.733. The summed E-state index contributed by atoms with van der Waals surface area (Å²) in [5, 5.41) is 3.29. The van der Waals surface area contributed by atoms with E-state index in [9.17, 15) is 0 Å². The smallest absolute Gasteiger partial charge is 0.222 e. The molecular formula is C15H25N3O2. The van der Waals surface area contributed by atoms with Gasteiger partial charge in [-0.15, -0.1) is 0 Å². The quantitative estimate of drug-likeness (QED) is 0.793. The van der Waals surface area contributed by atoms with Gasteiger partial charge in [0, 0.05) is 19.1 Å². The first-order chi connectivity index (χ1) is 9.65. The summed E-state index contributed by atoms with van der Waals surface area (Å²) < 4.78 is 11.3. The Balaban J connectivity index is 2.16. The molecule has 0 amide bonds. The zero-order valence-electron chi connectivity index (χ0n) is 12.9. The van der Waals surface area contributed by atoms with Crippen LogP contribution in [0.25, 0.3) is 0 Å². The van der Waals surface area contributed by atoms with E-state index in [2.05, 4.69) is 22.2 Å². The number of hydrogen-bond acceptors (Lipinski definition) is 5. The highest BCUT2D eigenvalue weighted by atomic mass is 16.5. The summed E-state index contributed by atoms with van der Waals surface area (Å²) in [5.41, 5.74) is 0.972. The first-order valence-electron chi connectivity index (χ1n) is 7.52. The minimum Gasteiger partial charge on any atom is -0.472 e. The third-order valence-electron chi connectivity index (χ3n) is 3.27. The molecule has 0 bridgehead atoms. The van der Waals surface area contributed by atoms with Crippen LogP contribution >= 0.6 is 0 Å². The van der Waals surface area contributed by atoms with Crippen molar-refractivity contribution in [2.75, 3.05) is 25.1 Å². The van der Waals surface area contributed by atoms with Crippen molar-refractivity contribution in [2.45, 2.75) is 52.6 Å². The number of aromatic nitrogens is 2. The first-order valence-corrected chi connectivity index (χ1v) is 7.52. The summed E-state index contributed by atoms with van der Waals surface area (Å²) >= 11 is 0. The molecule has 1 N–H and O–H groups in total. The maximum absolute atomic E-state index is 5.94. The van der Waals surface area contributed by atoms with Gasteiger partial charge in [0.15, 0.2) is 0 Å². The molecule has 0 saturated heterocycles. The van der Waals surface area contributed by atoms with Crippen LogP contribution in [0.4, 0.5) is 5.82 Å². The lowest BCUT2D eigenvalue weighted by atomic mass is 10.3. The van der Waals surface area contributed by atoms with Crippen molar-refractivity contribution in [1.82, 2.24) is 9.97 Å². The Morgan fingerprint density at radius 2 is 2.05 bits per heavy atom. The predicted octanol–water partition coefficient (Wildman–Crippen LogP) is 2.90. The van der Waals surface area contributed by atoms with Crippen molar-refractivity contribution >= 4 is 5.82 Å². The van der Waals surface area contributed by atoms with Gasteiger partial charge in [0.1, 0.15) is 17.7 Å². The van der Waals surface area contributed by atoms with E-state index < -0.39 is 0 Å². The number of anilines is 1. The van der Waals surface area contributed by atoms with Crippen LogP contribution in [0.2, 0.25) is 0 Å². The number of rotatable bonds is 8. The SMILES string of the molecule is CCNc1nc(C2CC2)nc(OC(C)COCC)c1C. The van der Waals surface area contributed by atoms with Crippen molar-refractivity contribution in [3.63, 3.8) is 0 Å². The molecule has 1 unspecified atom stereocenters. The van der Waals surface area contributed by atoms with Gasteiger partial charge in [-0.05, 0) is 40.5 Å². The van der Waals surface area contributed by atoms with Gasteiger partial charge in [0.2, 0.25) is 5.88 Å². The summed E-state index contributed by atoms with van der Waals surface area (Å²) in [5.74, 6) is 3.00. The molecule has 20 heavy (non-hydrogen) atoms. The highest BCUT2D eigenvalue weighted by Crippen LogP contribution is 2.40. The second-order valence-corrected chi connectivity index (χ2v) is 5.25. The summed E-state index contributed by atoms with van der Waals surface area (Å²) in [7, 11) is 0. The molecule has 0 aromatic carbocycles. The molecule has 112 valence electrons. The molecule has 5 nitrogen and oxygen atoms in total. The maximum atomic E-state index is 5.94. The van der Waals surface area contributed by atoms with E-state index in [1.807, 2.05) is 20.8 Å². The summed E-state index contributed by atoms with van der Waals surface area (Å²) in [6, 6.07) is 0. The van der Waals surface area contributed by atoms with Gasteiger partial charge < -0.3 is 14.8 Å². The molecule has 1 atom stereocenters. The van der Waals surface area contributed by atoms with Gasteiger partial charge in [-0.1, -0.05) is 0 Å². The van der Waals surface area contributed by atoms with E-state index >= 15 is 0 Å². The molecule has 0 radical (unpaired) electrons. The molecule has 0 spiro atoms. The maximum Gasteiger partial charge on any atom is 0.222 e. The summed E-state index contributed by atoms with van der Waals surface area (Å²) in [6.45, 7) is 10.2. The second kappa shape index (κ2) is 6.88. The molecule has 1 fully saturated rings. The first kappa shape index (κ1) is 15.0. The molecule has 1 aliphatic rings. The molecule has 1 heterocycles. The van der Waals surface area contributed by atoms with Crippen molar-refractivity contribution < 1.29 is 9.47 Å². The van der Waals surface area contributed by atoms with Crippen LogP contribution in [0.3, 0.4) is 0 Å². The lowest BCUT2D eigenvalue weighted by Gasteiger charge is -2.18. The summed E-state index contributed by atoms with van der Waals surface area (Å²) in [6.07, 6.45) is 2.36. The van der Waals surface area contributed by atoms with E-state index in [1.165, 1.54) is 12.8 Å². The Labute approximate surface area is 121 Å². The molecule has 1 saturated carbocycles. The zero-order chi connectivity index (χ0) is 14.5. The fourth-order valence-electron chi connectivity index (χ4n) is 2.00. The van der Waals surface area contributed by atoms with Crippen molar-refractivity contribution in [3.8, 4) is 5.88 Å². The standard InChI is InChI=1S/C15H25N3O2/c1-5-16-13-11(4)15(20-10(3)9-19-6-2)18-14(17-13)12-7-8-12/h10,12H,5-9H2,1-4H3,(H,16,17,18). The molecule has 1 aromatic heterocycles. The van der Waals surface area contributed by atoms with E-state index in [0.717, 1.165) is 23.8 Å². The van der Waals surface area contributed by atoms with E-state index in [-0.39, 0.29) is 6.10 Å². The van der Waals surface area contributed by atoms with Gasteiger partial charge in [0.25, 0.3) is 0 Å². The van der Waals surface area contributed by atoms with Gasteiger partial charge in [-0.2, -0.15) is 4.98 Å². The molecule has 0 aliphatic heterocycles. The van der Waals surface area contributed by atoms with Crippen molar-refractivity contribution in [1.29, 1.82) is 0 Å². The molecule has 1 aromatic rings. The van der Waals surface area contributed by atoms with Crippen LogP contribution in [0, 0.1) is 6.92 Å². The van der Waals surface area contributed by atoms with Crippen LogP contribution in [-0.2, 0) is 4.74 Å². The Morgan fingerprint density at radius 1 is 1.30 bits per heavy atom. The third-order valence-corrected chi connectivity index (χ3v) is 3.27. The number of hydrogen-bond donors (Lipinski definition) is 1. The molecule has 5 heteroatoms. The average Bonchev–Trinajstić information content (AvgIpc) is 3.25. The number of ether oxygens (including phenoxy) is 2. The Bertz CT molecular complexity index is 447. The highest BCUT2D eigenvalue weighted by Gasteiger charge is 2.28. The fourth-order valence-corrected chi connectivity index (χ4v) is 2.00. The van der Waals surface area contributed by atoms with Gasteiger partial charge in [0.05, 0.1) is 12.2 Å². The monoisotopic (exact) mass is 279 g/mol. The van der Waals surface area contributed by atoms with E-state index in [0.29, 0.717) is 25.0 Å². The van der Waals surface area contributed by atoms with Gasteiger partial charge >= 0.3 is 0 Å². The van der Waals surface area contributed by atoms with Crippen molar-refractivity contribution in [3.05, 3.63) is 11.4 Å². The molecule has 1 aliphatic carbocycles. The zero-order valence-corrected chi connectivity index (χ0v) is 12.9. The molecular weight excluding hydrogens is 254 g/mol. The summed E-state index contributed by atoms with van der Waals surface area (Å²) in [4.78, 5) is 9.22. The Hall–Kier alpha value is -1.36. The molecule has 2 rings (SSSR count). The van der Waals surface area contributed by atoms with E-state index in [4.69, 9.17) is 9.47 Å². The van der Waals surface area contributed by atoms with Crippen LogP contribution in [0.15, 0.2) is 0 Å². The lowest BCUT2D eigenvalue weighted by molar-refractivity contribution is 0.0628. The van der Waals surface area contributed by atoms with E-state index in [1.54, 1.807) is 0 Å². The Morgan fingerprint density at radius 3 is 2.65 bits per heavy atom. The minimum atomic E-state index is -0.00919. The highest BCUT2D eigenvalue weighted by molar-refractivity contribution is 5.49. The van der Waals surface area contributed by atoms with Crippen LogP contribution in [-0.4, -0.2) is 35.8 Å². The second-order valence-electron chi connectivity index (χ2n) is 5.25. The number of nitrogens with one attached hydrogen (secondary N) is 1.